The number of amides is 1. The first-order chi connectivity index (χ1) is 10.6. The van der Waals surface area contributed by atoms with Gasteiger partial charge in [-0.2, -0.15) is 0 Å². The standard InChI is InChI=1S/C17H16ClFN2O/c18-15-3-1-12(2-4-15)7-13-5-6-21(11-13)17(22)14-8-16(19)10-20-9-14/h1-4,8-10,13H,5-7,11H2. The van der Waals surface area contributed by atoms with Crippen LogP contribution in [0.25, 0.3) is 0 Å². The minimum atomic E-state index is -0.484. The maximum atomic E-state index is 13.2. The maximum absolute atomic E-state index is 13.2. The van der Waals surface area contributed by atoms with E-state index in [0.717, 1.165) is 24.1 Å². The average Bonchev–Trinajstić information content (AvgIpc) is 2.97. The third-order valence-corrected chi connectivity index (χ3v) is 4.21. The normalized spacial score (nSPS) is 17.7. The lowest BCUT2D eigenvalue weighted by Gasteiger charge is -2.16. The summed E-state index contributed by atoms with van der Waals surface area (Å²) in [6, 6.07) is 9.04. The summed E-state index contributed by atoms with van der Waals surface area (Å²) in [6.07, 6.45) is 4.39. The number of carbonyl (C=O) groups excluding carboxylic acids is 1. The van der Waals surface area contributed by atoms with Gasteiger partial charge in [-0.15, -0.1) is 0 Å². The van der Waals surface area contributed by atoms with Gasteiger partial charge in [0.2, 0.25) is 0 Å². The van der Waals surface area contributed by atoms with Crippen LogP contribution in [-0.2, 0) is 6.42 Å². The average molecular weight is 319 g/mol. The Morgan fingerprint density at radius 2 is 2.09 bits per heavy atom. The Morgan fingerprint density at radius 1 is 1.32 bits per heavy atom. The molecule has 0 aliphatic carbocycles. The molecule has 1 aliphatic rings. The molecule has 22 heavy (non-hydrogen) atoms. The smallest absolute Gasteiger partial charge is 0.255 e. The lowest BCUT2D eigenvalue weighted by atomic mass is 9.99. The Bertz CT molecular complexity index is 675. The molecule has 114 valence electrons. The molecule has 1 fully saturated rings. The number of nitrogens with zero attached hydrogens (tertiary/aromatic N) is 2. The number of pyridine rings is 1. The van der Waals surface area contributed by atoms with E-state index in [1.54, 1.807) is 4.90 Å². The summed E-state index contributed by atoms with van der Waals surface area (Å²) in [5, 5.41) is 0.727. The van der Waals surface area contributed by atoms with Gasteiger partial charge in [-0.1, -0.05) is 23.7 Å². The number of carbonyl (C=O) groups is 1. The minimum Gasteiger partial charge on any atom is -0.338 e. The van der Waals surface area contributed by atoms with Gasteiger partial charge in [0.1, 0.15) is 5.82 Å². The van der Waals surface area contributed by atoms with E-state index in [0.29, 0.717) is 24.6 Å². The van der Waals surface area contributed by atoms with Crippen molar-refractivity contribution in [3.8, 4) is 0 Å². The van der Waals surface area contributed by atoms with Crippen LogP contribution in [0.3, 0.4) is 0 Å². The molecule has 2 heterocycles. The molecular formula is C17H16ClFN2O. The molecule has 1 aromatic carbocycles. The summed E-state index contributed by atoms with van der Waals surface area (Å²) in [5.74, 6) is -0.208. The Morgan fingerprint density at radius 3 is 2.82 bits per heavy atom. The first kappa shape index (κ1) is 15.0. The van der Waals surface area contributed by atoms with E-state index in [1.807, 2.05) is 24.3 Å². The molecule has 2 aromatic rings. The van der Waals surface area contributed by atoms with Crippen molar-refractivity contribution in [3.05, 3.63) is 64.7 Å². The predicted octanol–water partition coefficient (Wildman–Crippen LogP) is 3.58. The molecule has 1 unspecified atom stereocenters. The molecule has 5 heteroatoms. The van der Waals surface area contributed by atoms with Gasteiger partial charge in [-0.25, -0.2) is 4.39 Å². The van der Waals surface area contributed by atoms with Crippen LogP contribution in [0.4, 0.5) is 4.39 Å². The van der Waals surface area contributed by atoms with E-state index in [-0.39, 0.29) is 5.91 Å². The lowest BCUT2D eigenvalue weighted by molar-refractivity contribution is 0.0786. The minimum absolute atomic E-state index is 0.148. The third-order valence-electron chi connectivity index (χ3n) is 3.96. The molecule has 0 bridgehead atoms. The summed E-state index contributed by atoms with van der Waals surface area (Å²) in [6.45, 7) is 1.39. The van der Waals surface area contributed by atoms with Gasteiger partial charge in [-0.3, -0.25) is 9.78 Å². The van der Waals surface area contributed by atoms with Crippen molar-refractivity contribution >= 4 is 17.5 Å². The highest BCUT2D eigenvalue weighted by Gasteiger charge is 2.27. The van der Waals surface area contributed by atoms with Gasteiger partial charge >= 0.3 is 0 Å². The highest BCUT2D eigenvalue weighted by Crippen LogP contribution is 2.23. The third kappa shape index (κ3) is 3.45. The van der Waals surface area contributed by atoms with Crippen LogP contribution < -0.4 is 0 Å². The number of hydrogen-bond acceptors (Lipinski definition) is 2. The monoisotopic (exact) mass is 318 g/mol. The zero-order chi connectivity index (χ0) is 15.5. The lowest BCUT2D eigenvalue weighted by Crippen LogP contribution is -2.29. The summed E-state index contributed by atoms with van der Waals surface area (Å²) < 4.78 is 13.2. The number of hydrogen-bond donors (Lipinski definition) is 0. The number of benzene rings is 1. The van der Waals surface area contributed by atoms with Crippen LogP contribution in [0.1, 0.15) is 22.3 Å². The zero-order valence-electron chi connectivity index (χ0n) is 12.0. The van der Waals surface area contributed by atoms with Gasteiger partial charge in [0.25, 0.3) is 5.91 Å². The van der Waals surface area contributed by atoms with Crippen molar-refractivity contribution in [2.75, 3.05) is 13.1 Å². The van der Waals surface area contributed by atoms with Crippen LogP contribution in [-0.4, -0.2) is 28.9 Å². The summed E-state index contributed by atoms with van der Waals surface area (Å²) in [7, 11) is 0. The van der Waals surface area contributed by atoms with E-state index < -0.39 is 5.82 Å². The van der Waals surface area contributed by atoms with Crippen LogP contribution >= 0.6 is 11.6 Å². The van der Waals surface area contributed by atoms with Crippen molar-refractivity contribution < 1.29 is 9.18 Å². The topological polar surface area (TPSA) is 33.2 Å². The SMILES string of the molecule is O=C(c1cncc(F)c1)N1CCC(Cc2ccc(Cl)cc2)C1. The van der Waals surface area contributed by atoms with Crippen molar-refractivity contribution in [3.63, 3.8) is 0 Å². The second-order valence-electron chi connectivity index (χ2n) is 5.63. The van der Waals surface area contributed by atoms with Crippen molar-refractivity contribution in [2.45, 2.75) is 12.8 Å². The number of rotatable bonds is 3. The molecule has 0 saturated carbocycles. The maximum Gasteiger partial charge on any atom is 0.255 e. The fraction of sp³-hybridized carbons (Fsp3) is 0.294. The molecule has 3 nitrogen and oxygen atoms in total. The Kier molecular flexibility index (Phi) is 4.39. The Balaban J connectivity index is 1.62. The van der Waals surface area contributed by atoms with E-state index in [2.05, 4.69) is 4.98 Å². The van der Waals surface area contributed by atoms with E-state index in [1.165, 1.54) is 17.8 Å². The molecule has 1 aliphatic heterocycles. The van der Waals surface area contributed by atoms with Gasteiger partial charge in [0.15, 0.2) is 0 Å². The fourth-order valence-electron chi connectivity index (χ4n) is 2.85. The van der Waals surface area contributed by atoms with Crippen molar-refractivity contribution in [1.29, 1.82) is 0 Å². The highest BCUT2D eigenvalue weighted by molar-refractivity contribution is 6.30. The number of halogens is 2. The summed E-state index contributed by atoms with van der Waals surface area (Å²) in [5.41, 5.74) is 1.53. The van der Waals surface area contributed by atoms with E-state index in [9.17, 15) is 9.18 Å². The number of likely N-dealkylation sites (tertiary alicyclic amines) is 1. The molecule has 0 N–H and O–H groups in total. The molecule has 0 radical (unpaired) electrons. The van der Waals surface area contributed by atoms with Gasteiger partial charge in [0.05, 0.1) is 11.8 Å². The molecule has 3 rings (SSSR count). The van der Waals surface area contributed by atoms with Crippen LogP contribution in [0.2, 0.25) is 5.02 Å². The van der Waals surface area contributed by atoms with Crippen molar-refractivity contribution in [2.24, 2.45) is 5.92 Å². The zero-order valence-corrected chi connectivity index (χ0v) is 12.8. The predicted molar refractivity (Wildman–Crippen MR) is 83.4 cm³/mol. The van der Waals surface area contributed by atoms with Crippen LogP contribution in [0.5, 0.6) is 0 Å². The van der Waals surface area contributed by atoms with E-state index in [4.69, 9.17) is 11.6 Å². The molecule has 0 spiro atoms. The van der Waals surface area contributed by atoms with Gasteiger partial charge in [-0.05, 0) is 42.5 Å². The summed E-state index contributed by atoms with van der Waals surface area (Å²) in [4.78, 5) is 17.9. The number of aromatic nitrogens is 1. The summed E-state index contributed by atoms with van der Waals surface area (Å²) >= 11 is 5.88. The Hall–Kier alpha value is -1.94. The second kappa shape index (κ2) is 6.44. The molecule has 1 saturated heterocycles. The van der Waals surface area contributed by atoms with Gasteiger partial charge < -0.3 is 4.90 Å². The largest absolute Gasteiger partial charge is 0.338 e. The first-order valence-corrected chi connectivity index (χ1v) is 7.64. The molecule has 1 atom stereocenters. The first-order valence-electron chi connectivity index (χ1n) is 7.26. The van der Waals surface area contributed by atoms with Crippen molar-refractivity contribution in [1.82, 2.24) is 9.88 Å². The molecule has 1 aromatic heterocycles. The molecular weight excluding hydrogens is 303 g/mol. The molecule has 1 amide bonds. The highest BCUT2D eigenvalue weighted by atomic mass is 35.5. The van der Waals surface area contributed by atoms with Crippen LogP contribution in [0.15, 0.2) is 42.7 Å². The quantitative estimate of drug-likeness (QED) is 0.866. The Labute approximate surface area is 133 Å². The second-order valence-corrected chi connectivity index (χ2v) is 6.06. The van der Waals surface area contributed by atoms with E-state index >= 15 is 0 Å². The fourth-order valence-corrected chi connectivity index (χ4v) is 2.97. The van der Waals surface area contributed by atoms with Crippen LogP contribution in [0, 0.1) is 11.7 Å². The van der Waals surface area contributed by atoms with Gasteiger partial charge in [0, 0.05) is 24.3 Å².